The lowest BCUT2D eigenvalue weighted by molar-refractivity contribution is -0.122. The van der Waals surface area contributed by atoms with Crippen molar-refractivity contribution < 1.29 is 9.59 Å². The van der Waals surface area contributed by atoms with Gasteiger partial charge in [0.15, 0.2) is 0 Å². The van der Waals surface area contributed by atoms with Crippen molar-refractivity contribution in [3.05, 3.63) is 58.3 Å². The molecule has 1 fully saturated rings. The SMILES string of the molecule is O=C1NC[C@@H](C(=O)N[C@@H](c2ccccc2)c2cccs2)N1. The summed E-state index contributed by atoms with van der Waals surface area (Å²) in [7, 11) is 0. The van der Waals surface area contributed by atoms with E-state index < -0.39 is 6.04 Å². The summed E-state index contributed by atoms with van der Waals surface area (Å²) in [6.45, 7) is 0.316. The van der Waals surface area contributed by atoms with Gasteiger partial charge >= 0.3 is 6.03 Å². The molecule has 1 aliphatic rings. The molecule has 3 amide bonds. The van der Waals surface area contributed by atoms with Crippen LogP contribution in [0.5, 0.6) is 0 Å². The molecule has 0 spiro atoms. The van der Waals surface area contributed by atoms with Crippen LogP contribution in [0.4, 0.5) is 4.79 Å². The Morgan fingerprint density at radius 3 is 2.67 bits per heavy atom. The summed E-state index contributed by atoms with van der Waals surface area (Å²) in [4.78, 5) is 24.5. The Bertz CT molecular complexity index is 628. The molecular weight excluding hydrogens is 286 g/mol. The number of carbonyl (C=O) groups excluding carboxylic acids is 2. The minimum atomic E-state index is -0.524. The summed E-state index contributed by atoms with van der Waals surface area (Å²) >= 11 is 1.59. The number of nitrogens with one attached hydrogen (secondary N) is 3. The van der Waals surface area contributed by atoms with Crippen molar-refractivity contribution in [2.75, 3.05) is 6.54 Å². The van der Waals surface area contributed by atoms with Crippen molar-refractivity contribution in [3.63, 3.8) is 0 Å². The zero-order valence-corrected chi connectivity index (χ0v) is 12.0. The van der Waals surface area contributed by atoms with Crippen LogP contribution in [0.25, 0.3) is 0 Å². The maximum Gasteiger partial charge on any atom is 0.315 e. The predicted octanol–water partition coefficient (Wildman–Crippen LogP) is 1.64. The normalized spacial score (nSPS) is 18.7. The van der Waals surface area contributed by atoms with Crippen LogP contribution >= 0.6 is 11.3 Å². The lowest BCUT2D eigenvalue weighted by Crippen LogP contribution is -2.44. The fourth-order valence-corrected chi connectivity index (χ4v) is 3.08. The van der Waals surface area contributed by atoms with E-state index in [-0.39, 0.29) is 18.0 Å². The molecule has 21 heavy (non-hydrogen) atoms. The van der Waals surface area contributed by atoms with Gasteiger partial charge in [-0.2, -0.15) is 0 Å². The standard InChI is InChI=1S/C15H15N3O2S/c19-14(11-9-16-15(20)17-11)18-13(12-7-4-8-21-12)10-5-2-1-3-6-10/h1-8,11,13H,9H2,(H,18,19)(H2,16,17,20)/t11-,13-/m0/s1. The first kappa shape index (κ1) is 13.6. The van der Waals surface area contributed by atoms with Gasteiger partial charge in [-0.25, -0.2) is 4.79 Å². The number of urea groups is 1. The van der Waals surface area contributed by atoms with E-state index in [4.69, 9.17) is 0 Å². The number of hydrogen-bond acceptors (Lipinski definition) is 3. The highest BCUT2D eigenvalue weighted by Crippen LogP contribution is 2.26. The number of hydrogen-bond donors (Lipinski definition) is 3. The molecule has 0 saturated carbocycles. The third kappa shape index (κ3) is 3.05. The Morgan fingerprint density at radius 2 is 2.05 bits per heavy atom. The topological polar surface area (TPSA) is 70.2 Å². The highest BCUT2D eigenvalue weighted by Gasteiger charge is 2.29. The second-order valence-corrected chi connectivity index (χ2v) is 5.75. The minimum absolute atomic E-state index is 0.185. The van der Waals surface area contributed by atoms with Gasteiger partial charge in [0.05, 0.1) is 6.04 Å². The van der Waals surface area contributed by atoms with Crippen LogP contribution in [-0.4, -0.2) is 24.5 Å². The summed E-state index contributed by atoms with van der Waals surface area (Å²) in [6, 6.07) is 12.7. The minimum Gasteiger partial charge on any atom is -0.343 e. The van der Waals surface area contributed by atoms with E-state index in [9.17, 15) is 9.59 Å². The average Bonchev–Trinajstić information content (AvgIpc) is 3.17. The fourth-order valence-electron chi connectivity index (χ4n) is 2.28. The first-order valence-corrected chi connectivity index (χ1v) is 7.55. The van der Waals surface area contributed by atoms with E-state index in [1.54, 1.807) is 11.3 Å². The molecule has 0 bridgehead atoms. The molecule has 1 aliphatic heterocycles. The Balaban J connectivity index is 1.80. The molecule has 0 unspecified atom stereocenters. The van der Waals surface area contributed by atoms with E-state index in [1.165, 1.54) is 0 Å². The monoisotopic (exact) mass is 301 g/mol. The zero-order chi connectivity index (χ0) is 14.7. The maximum absolute atomic E-state index is 12.3. The number of carbonyl (C=O) groups is 2. The van der Waals surface area contributed by atoms with E-state index in [0.717, 1.165) is 10.4 Å². The Hall–Kier alpha value is -2.34. The average molecular weight is 301 g/mol. The van der Waals surface area contributed by atoms with Crippen molar-refractivity contribution in [2.45, 2.75) is 12.1 Å². The Morgan fingerprint density at radius 1 is 1.24 bits per heavy atom. The van der Waals surface area contributed by atoms with Gasteiger partial charge in [-0.3, -0.25) is 4.79 Å². The van der Waals surface area contributed by atoms with Crippen molar-refractivity contribution in [2.24, 2.45) is 0 Å². The van der Waals surface area contributed by atoms with Crippen LogP contribution in [0.2, 0.25) is 0 Å². The molecular formula is C15H15N3O2S. The highest BCUT2D eigenvalue weighted by molar-refractivity contribution is 7.10. The maximum atomic E-state index is 12.3. The molecule has 2 aromatic rings. The van der Waals surface area contributed by atoms with Gasteiger partial charge in [0.1, 0.15) is 6.04 Å². The molecule has 2 heterocycles. The number of amides is 3. The molecule has 108 valence electrons. The summed E-state index contributed by atoms with van der Waals surface area (Å²) in [5.74, 6) is -0.185. The molecule has 0 aliphatic carbocycles. The molecule has 3 N–H and O–H groups in total. The van der Waals surface area contributed by atoms with E-state index in [2.05, 4.69) is 16.0 Å². The van der Waals surface area contributed by atoms with Crippen LogP contribution in [0.1, 0.15) is 16.5 Å². The molecule has 1 aromatic carbocycles. The van der Waals surface area contributed by atoms with Crippen molar-refractivity contribution in [1.29, 1.82) is 0 Å². The van der Waals surface area contributed by atoms with Crippen LogP contribution in [0, 0.1) is 0 Å². The second kappa shape index (κ2) is 5.97. The van der Waals surface area contributed by atoms with Crippen LogP contribution in [0.15, 0.2) is 47.8 Å². The molecule has 3 rings (SSSR count). The lowest BCUT2D eigenvalue weighted by Gasteiger charge is -2.20. The summed E-state index contributed by atoms with van der Waals surface area (Å²) < 4.78 is 0. The third-order valence-corrected chi connectivity index (χ3v) is 4.27. The molecule has 1 aromatic heterocycles. The molecule has 1 saturated heterocycles. The number of rotatable bonds is 4. The van der Waals surface area contributed by atoms with E-state index >= 15 is 0 Å². The summed E-state index contributed by atoms with van der Waals surface area (Å²) in [6.07, 6.45) is 0. The van der Waals surface area contributed by atoms with Crippen LogP contribution < -0.4 is 16.0 Å². The summed E-state index contributed by atoms with van der Waals surface area (Å²) in [5.41, 5.74) is 1.02. The van der Waals surface area contributed by atoms with Gasteiger partial charge in [0, 0.05) is 11.4 Å². The second-order valence-electron chi connectivity index (χ2n) is 4.77. The van der Waals surface area contributed by atoms with Gasteiger partial charge < -0.3 is 16.0 Å². The van der Waals surface area contributed by atoms with Gasteiger partial charge in [0.25, 0.3) is 0 Å². The van der Waals surface area contributed by atoms with Gasteiger partial charge in [-0.05, 0) is 17.0 Å². The molecule has 2 atom stereocenters. The van der Waals surface area contributed by atoms with Crippen LogP contribution in [-0.2, 0) is 4.79 Å². The number of thiophene rings is 1. The molecule has 5 nitrogen and oxygen atoms in total. The predicted molar refractivity (Wildman–Crippen MR) is 81.1 cm³/mol. The van der Waals surface area contributed by atoms with Gasteiger partial charge in [0.2, 0.25) is 5.91 Å². The first-order valence-electron chi connectivity index (χ1n) is 6.67. The quantitative estimate of drug-likeness (QED) is 0.803. The van der Waals surface area contributed by atoms with Gasteiger partial charge in [-0.1, -0.05) is 36.4 Å². The van der Waals surface area contributed by atoms with Gasteiger partial charge in [-0.15, -0.1) is 11.3 Å². The third-order valence-electron chi connectivity index (χ3n) is 3.34. The van der Waals surface area contributed by atoms with Crippen LogP contribution in [0.3, 0.4) is 0 Å². The fraction of sp³-hybridized carbons (Fsp3) is 0.200. The Kier molecular flexibility index (Phi) is 3.87. The molecule has 0 radical (unpaired) electrons. The smallest absolute Gasteiger partial charge is 0.315 e. The Labute approximate surface area is 126 Å². The van der Waals surface area contributed by atoms with Crippen molar-refractivity contribution in [1.82, 2.24) is 16.0 Å². The van der Waals surface area contributed by atoms with Crippen molar-refractivity contribution >= 4 is 23.3 Å². The van der Waals surface area contributed by atoms with E-state index in [1.807, 2.05) is 47.8 Å². The first-order chi connectivity index (χ1) is 10.2. The van der Waals surface area contributed by atoms with Crippen molar-refractivity contribution in [3.8, 4) is 0 Å². The lowest BCUT2D eigenvalue weighted by atomic mass is 10.0. The molecule has 6 heteroatoms. The zero-order valence-electron chi connectivity index (χ0n) is 11.2. The van der Waals surface area contributed by atoms with E-state index in [0.29, 0.717) is 6.54 Å². The number of benzene rings is 1. The largest absolute Gasteiger partial charge is 0.343 e. The highest BCUT2D eigenvalue weighted by atomic mass is 32.1. The summed E-state index contributed by atoms with van der Waals surface area (Å²) in [5, 5.41) is 10.2.